The number of hydrogen-bond donors (Lipinski definition) is 2. The molecule has 7 heteroatoms. The maximum absolute atomic E-state index is 12.9. The second kappa shape index (κ2) is 6.31. The van der Waals surface area contributed by atoms with Crippen LogP contribution in [0.2, 0.25) is 0 Å². The first-order valence-electron chi connectivity index (χ1n) is 8.01. The first kappa shape index (κ1) is 17.1. The quantitative estimate of drug-likeness (QED) is 0.838. The van der Waals surface area contributed by atoms with Gasteiger partial charge in [-0.3, -0.25) is 9.59 Å². The summed E-state index contributed by atoms with van der Waals surface area (Å²) in [5, 5.41) is 11.9. The van der Waals surface area contributed by atoms with Gasteiger partial charge in [0.1, 0.15) is 12.1 Å². The fraction of sp³-hybridized carbons (Fsp3) is 0.389. The molecule has 3 rings (SSSR count). The van der Waals surface area contributed by atoms with Crippen LogP contribution in [0.4, 0.5) is 4.39 Å². The molecule has 6 nitrogen and oxygen atoms in total. The topological polar surface area (TPSA) is 92.4 Å². The lowest BCUT2D eigenvalue weighted by Crippen LogP contribution is -2.29. The van der Waals surface area contributed by atoms with Crippen molar-refractivity contribution in [2.24, 2.45) is 17.3 Å². The summed E-state index contributed by atoms with van der Waals surface area (Å²) in [6, 6.07) is 5.81. The van der Waals surface area contributed by atoms with E-state index >= 15 is 0 Å². The highest BCUT2D eigenvalue weighted by Gasteiger charge is 2.65. The van der Waals surface area contributed by atoms with Crippen molar-refractivity contribution in [1.29, 1.82) is 0 Å². The lowest BCUT2D eigenvalue weighted by Gasteiger charge is -2.04. The predicted octanol–water partition coefficient (Wildman–Crippen LogP) is 2.50. The Morgan fingerprint density at radius 2 is 1.96 bits per heavy atom. The molecule has 0 bridgehead atoms. The Hall–Kier alpha value is -2.70. The summed E-state index contributed by atoms with van der Waals surface area (Å²) in [5.74, 6) is -2.27. The van der Waals surface area contributed by atoms with E-state index in [2.05, 4.69) is 10.3 Å². The molecule has 1 aliphatic carbocycles. The molecule has 1 saturated carbocycles. The number of hydrogen-bond acceptors (Lipinski definition) is 4. The standard InChI is InChI=1S/C18H19FN2O4/c1-18(2)13(14(18)17(23)24)15(22)20-8-7-12-9-25-16(21-12)10-3-5-11(19)6-4-10/h3-6,9,13-14H,7-8H2,1-2H3,(H,20,22)(H,23,24)/t13-,14+/m1/s1. The Bertz CT molecular complexity index is 798. The minimum Gasteiger partial charge on any atom is -0.481 e. The third-order valence-electron chi connectivity index (χ3n) is 4.70. The summed E-state index contributed by atoms with van der Waals surface area (Å²) >= 11 is 0. The predicted molar refractivity (Wildman–Crippen MR) is 87.0 cm³/mol. The second-order valence-electron chi connectivity index (χ2n) is 6.81. The first-order chi connectivity index (χ1) is 11.8. The van der Waals surface area contributed by atoms with E-state index in [1.807, 2.05) is 0 Å². The number of carbonyl (C=O) groups excluding carboxylic acids is 1. The van der Waals surface area contributed by atoms with E-state index in [-0.39, 0.29) is 11.7 Å². The van der Waals surface area contributed by atoms with Crippen molar-refractivity contribution in [3.8, 4) is 11.5 Å². The zero-order chi connectivity index (χ0) is 18.2. The fourth-order valence-corrected chi connectivity index (χ4v) is 3.16. The van der Waals surface area contributed by atoms with E-state index < -0.39 is 23.2 Å². The summed E-state index contributed by atoms with van der Waals surface area (Å²) in [5.41, 5.74) is 0.810. The van der Waals surface area contributed by atoms with Crippen LogP contribution in [0.3, 0.4) is 0 Å². The highest BCUT2D eigenvalue weighted by molar-refractivity contribution is 5.91. The lowest BCUT2D eigenvalue weighted by molar-refractivity contribution is -0.140. The number of rotatable bonds is 6. The average molecular weight is 346 g/mol. The van der Waals surface area contributed by atoms with Gasteiger partial charge in [0.25, 0.3) is 0 Å². The molecule has 0 radical (unpaired) electrons. The fourth-order valence-electron chi connectivity index (χ4n) is 3.16. The molecule has 132 valence electrons. The summed E-state index contributed by atoms with van der Waals surface area (Å²) in [6.45, 7) is 3.90. The van der Waals surface area contributed by atoms with Gasteiger partial charge in [0.05, 0.1) is 17.5 Å². The molecule has 0 unspecified atom stereocenters. The summed E-state index contributed by atoms with van der Waals surface area (Å²) in [6.07, 6.45) is 1.95. The molecule has 2 aromatic rings. The van der Waals surface area contributed by atoms with Gasteiger partial charge in [0, 0.05) is 18.5 Å². The molecule has 2 atom stereocenters. The van der Waals surface area contributed by atoms with Gasteiger partial charge in [-0.2, -0.15) is 0 Å². The molecule has 0 saturated heterocycles. The Morgan fingerprint density at radius 1 is 1.28 bits per heavy atom. The van der Waals surface area contributed by atoms with Gasteiger partial charge in [0.2, 0.25) is 11.8 Å². The van der Waals surface area contributed by atoms with Crippen LogP contribution in [0.15, 0.2) is 34.9 Å². The van der Waals surface area contributed by atoms with Gasteiger partial charge in [-0.1, -0.05) is 13.8 Å². The largest absolute Gasteiger partial charge is 0.481 e. The van der Waals surface area contributed by atoms with Crippen molar-refractivity contribution in [2.45, 2.75) is 20.3 Å². The molecule has 1 heterocycles. The van der Waals surface area contributed by atoms with Crippen molar-refractivity contribution in [3.63, 3.8) is 0 Å². The van der Waals surface area contributed by atoms with Crippen molar-refractivity contribution >= 4 is 11.9 Å². The lowest BCUT2D eigenvalue weighted by atomic mass is 10.1. The molecule has 2 N–H and O–H groups in total. The number of aromatic nitrogens is 1. The molecule has 25 heavy (non-hydrogen) atoms. The van der Waals surface area contributed by atoms with Crippen LogP contribution < -0.4 is 5.32 Å². The van der Waals surface area contributed by atoms with Crippen molar-refractivity contribution in [2.75, 3.05) is 6.54 Å². The Morgan fingerprint density at radius 3 is 2.56 bits per heavy atom. The van der Waals surface area contributed by atoms with Gasteiger partial charge in [-0.05, 0) is 29.7 Å². The molecule has 1 amide bonds. The number of carboxylic acid groups (broad SMARTS) is 1. The van der Waals surface area contributed by atoms with Gasteiger partial charge in [-0.25, -0.2) is 9.37 Å². The molecular formula is C18H19FN2O4. The minimum atomic E-state index is -0.939. The van der Waals surface area contributed by atoms with Crippen LogP contribution in [0.5, 0.6) is 0 Å². The Balaban J connectivity index is 1.52. The zero-order valence-corrected chi connectivity index (χ0v) is 14.0. The van der Waals surface area contributed by atoms with Crippen LogP contribution in [-0.2, 0) is 16.0 Å². The van der Waals surface area contributed by atoms with E-state index in [0.717, 1.165) is 0 Å². The van der Waals surface area contributed by atoms with Gasteiger partial charge in [0.15, 0.2) is 0 Å². The molecule has 0 aliphatic heterocycles. The monoisotopic (exact) mass is 346 g/mol. The number of amides is 1. The van der Waals surface area contributed by atoms with Crippen LogP contribution in [-0.4, -0.2) is 28.5 Å². The van der Waals surface area contributed by atoms with Gasteiger partial charge < -0.3 is 14.8 Å². The van der Waals surface area contributed by atoms with Crippen LogP contribution in [0.25, 0.3) is 11.5 Å². The summed E-state index contributed by atoms with van der Waals surface area (Å²) in [4.78, 5) is 27.6. The highest BCUT2D eigenvalue weighted by atomic mass is 19.1. The Labute approximate surface area is 144 Å². The van der Waals surface area contributed by atoms with E-state index in [1.165, 1.54) is 18.4 Å². The number of benzene rings is 1. The summed E-state index contributed by atoms with van der Waals surface area (Å²) in [7, 11) is 0. The van der Waals surface area contributed by atoms with Crippen LogP contribution >= 0.6 is 0 Å². The highest BCUT2D eigenvalue weighted by Crippen LogP contribution is 2.58. The van der Waals surface area contributed by atoms with E-state index in [4.69, 9.17) is 9.52 Å². The van der Waals surface area contributed by atoms with Crippen molar-refractivity contribution in [1.82, 2.24) is 10.3 Å². The van der Waals surface area contributed by atoms with Crippen molar-refractivity contribution in [3.05, 3.63) is 42.0 Å². The smallest absolute Gasteiger partial charge is 0.307 e. The second-order valence-corrected chi connectivity index (χ2v) is 6.81. The first-order valence-corrected chi connectivity index (χ1v) is 8.01. The number of carbonyl (C=O) groups is 2. The molecule has 0 spiro atoms. The van der Waals surface area contributed by atoms with E-state index in [1.54, 1.807) is 26.0 Å². The number of carboxylic acids is 1. The van der Waals surface area contributed by atoms with E-state index in [0.29, 0.717) is 30.1 Å². The molecule has 1 aromatic heterocycles. The van der Waals surface area contributed by atoms with Gasteiger partial charge >= 0.3 is 5.97 Å². The number of nitrogens with one attached hydrogen (secondary N) is 1. The molecule has 1 aromatic carbocycles. The number of nitrogens with zero attached hydrogens (tertiary/aromatic N) is 1. The zero-order valence-electron chi connectivity index (χ0n) is 14.0. The SMILES string of the molecule is CC1(C)[C@H](C(=O)O)[C@@H]1C(=O)NCCc1coc(-c2ccc(F)cc2)n1. The maximum Gasteiger partial charge on any atom is 0.307 e. The average Bonchev–Trinajstić information content (AvgIpc) is 2.90. The maximum atomic E-state index is 12.9. The number of oxazole rings is 1. The van der Waals surface area contributed by atoms with Crippen LogP contribution in [0.1, 0.15) is 19.5 Å². The molecule has 1 aliphatic rings. The summed E-state index contributed by atoms with van der Waals surface area (Å²) < 4.78 is 18.3. The third-order valence-corrected chi connectivity index (χ3v) is 4.70. The van der Waals surface area contributed by atoms with Crippen LogP contribution in [0, 0.1) is 23.1 Å². The number of halogens is 1. The van der Waals surface area contributed by atoms with Gasteiger partial charge in [-0.15, -0.1) is 0 Å². The molecule has 1 fully saturated rings. The van der Waals surface area contributed by atoms with E-state index in [9.17, 15) is 14.0 Å². The minimum absolute atomic E-state index is 0.250. The third kappa shape index (κ3) is 3.40. The normalized spacial score (nSPS) is 20.9. The van der Waals surface area contributed by atoms with Crippen molar-refractivity contribution < 1.29 is 23.5 Å². The Kier molecular flexibility index (Phi) is 4.32. The number of aliphatic carboxylic acids is 1. The molecular weight excluding hydrogens is 327 g/mol.